The number of benzene rings is 1. The van der Waals surface area contributed by atoms with Gasteiger partial charge in [-0.15, -0.1) is 11.3 Å². The quantitative estimate of drug-likeness (QED) is 0.892. The zero-order chi connectivity index (χ0) is 17.8. The van der Waals surface area contributed by atoms with Gasteiger partial charge < -0.3 is 15.2 Å². The first-order valence-corrected chi connectivity index (χ1v) is 9.48. The van der Waals surface area contributed by atoms with Crippen LogP contribution in [0, 0.1) is 11.8 Å². The van der Waals surface area contributed by atoms with Crippen molar-refractivity contribution in [1.82, 2.24) is 4.98 Å². The van der Waals surface area contributed by atoms with Gasteiger partial charge in [0.05, 0.1) is 5.69 Å². The Bertz CT molecular complexity index is 757. The standard InChI is InChI=1S/C19H22N2O3S/c1-2-15-16(12-8-4-3-5-9-12)20-19(25-15)21-17(22)13-10-6-7-11-14(13)18(23)24/h3-5,8-9,13-14H,2,6-7,10-11H2,1H3,(H,23,24)(H,20,21,22)/p-1/t13-,14+/m1/s1. The van der Waals surface area contributed by atoms with Gasteiger partial charge in [-0.1, -0.05) is 50.1 Å². The van der Waals surface area contributed by atoms with Crippen LogP contribution in [-0.2, 0) is 16.0 Å². The van der Waals surface area contributed by atoms with Crippen molar-refractivity contribution < 1.29 is 14.7 Å². The zero-order valence-electron chi connectivity index (χ0n) is 14.2. The molecule has 0 aliphatic heterocycles. The largest absolute Gasteiger partial charge is 0.550 e. The van der Waals surface area contributed by atoms with Crippen molar-refractivity contribution in [2.45, 2.75) is 39.0 Å². The number of hydrogen-bond acceptors (Lipinski definition) is 5. The third kappa shape index (κ3) is 3.90. The number of nitrogens with one attached hydrogen (secondary N) is 1. The zero-order valence-corrected chi connectivity index (χ0v) is 15.0. The van der Waals surface area contributed by atoms with Gasteiger partial charge in [-0.3, -0.25) is 4.79 Å². The van der Waals surface area contributed by atoms with Crippen LogP contribution in [0.5, 0.6) is 0 Å². The van der Waals surface area contributed by atoms with E-state index >= 15 is 0 Å². The maximum Gasteiger partial charge on any atom is 0.229 e. The van der Waals surface area contributed by atoms with E-state index < -0.39 is 17.8 Å². The second kappa shape index (κ2) is 7.78. The van der Waals surface area contributed by atoms with Crippen LogP contribution in [0.25, 0.3) is 11.3 Å². The predicted octanol–water partition coefficient (Wildman–Crippen LogP) is 2.87. The molecule has 3 rings (SSSR count). The fraction of sp³-hybridized carbons (Fsp3) is 0.421. The molecule has 132 valence electrons. The third-order valence-electron chi connectivity index (χ3n) is 4.70. The number of aromatic nitrogens is 1. The van der Waals surface area contributed by atoms with Crippen LogP contribution in [0.15, 0.2) is 30.3 Å². The van der Waals surface area contributed by atoms with E-state index in [9.17, 15) is 14.7 Å². The molecule has 1 aromatic heterocycles. The Kier molecular flexibility index (Phi) is 5.48. The second-order valence-corrected chi connectivity index (χ2v) is 7.40. The first kappa shape index (κ1) is 17.6. The van der Waals surface area contributed by atoms with E-state index in [1.165, 1.54) is 11.3 Å². The van der Waals surface area contributed by atoms with Crippen molar-refractivity contribution in [3.63, 3.8) is 0 Å². The van der Waals surface area contributed by atoms with Crippen LogP contribution in [0.3, 0.4) is 0 Å². The van der Waals surface area contributed by atoms with Crippen LogP contribution in [-0.4, -0.2) is 16.9 Å². The summed E-state index contributed by atoms with van der Waals surface area (Å²) < 4.78 is 0. The van der Waals surface area contributed by atoms with E-state index in [1.807, 2.05) is 30.3 Å². The molecule has 0 saturated heterocycles. The number of aliphatic carboxylic acids is 1. The number of amides is 1. The van der Waals surface area contributed by atoms with Crippen LogP contribution in [0.1, 0.15) is 37.5 Å². The summed E-state index contributed by atoms with van der Waals surface area (Å²) in [5.41, 5.74) is 1.89. The van der Waals surface area contributed by atoms with Crippen molar-refractivity contribution in [2.24, 2.45) is 11.8 Å². The Morgan fingerprint density at radius 3 is 2.52 bits per heavy atom. The molecule has 1 aromatic carbocycles. The number of hydrogen-bond donors (Lipinski definition) is 1. The van der Waals surface area contributed by atoms with Gasteiger partial charge in [0.25, 0.3) is 0 Å². The van der Waals surface area contributed by atoms with Gasteiger partial charge in [0.1, 0.15) is 0 Å². The molecule has 2 atom stereocenters. The molecule has 1 fully saturated rings. The summed E-state index contributed by atoms with van der Waals surface area (Å²) >= 11 is 1.45. The van der Waals surface area contributed by atoms with Crippen molar-refractivity contribution in [2.75, 3.05) is 5.32 Å². The topological polar surface area (TPSA) is 82.1 Å². The van der Waals surface area contributed by atoms with Crippen LogP contribution in [0.2, 0.25) is 0 Å². The number of carboxylic acid groups (broad SMARTS) is 1. The van der Waals surface area contributed by atoms with Crippen molar-refractivity contribution in [1.29, 1.82) is 0 Å². The van der Waals surface area contributed by atoms with Crippen LogP contribution in [0.4, 0.5) is 5.13 Å². The number of nitrogens with zero attached hydrogens (tertiary/aromatic N) is 1. The first-order valence-electron chi connectivity index (χ1n) is 8.67. The molecule has 1 aliphatic rings. The second-order valence-electron chi connectivity index (χ2n) is 6.32. The number of carbonyl (C=O) groups excluding carboxylic acids is 2. The van der Waals surface area contributed by atoms with Crippen LogP contribution < -0.4 is 10.4 Å². The minimum absolute atomic E-state index is 0.259. The minimum Gasteiger partial charge on any atom is -0.550 e. The summed E-state index contributed by atoms with van der Waals surface area (Å²) in [4.78, 5) is 29.6. The lowest BCUT2D eigenvalue weighted by Crippen LogP contribution is -2.42. The van der Waals surface area contributed by atoms with E-state index in [-0.39, 0.29) is 5.91 Å². The maximum atomic E-state index is 12.6. The number of anilines is 1. The van der Waals surface area contributed by atoms with Crippen molar-refractivity contribution >= 4 is 28.3 Å². The van der Waals surface area contributed by atoms with E-state index in [0.29, 0.717) is 18.0 Å². The number of aryl methyl sites for hydroxylation is 1. The third-order valence-corrected chi connectivity index (χ3v) is 5.82. The molecule has 25 heavy (non-hydrogen) atoms. The molecule has 1 aliphatic carbocycles. The van der Waals surface area contributed by atoms with Gasteiger partial charge in [0.15, 0.2) is 5.13 Å². The van der Waals surface area contributed by atoms with E-state index in [1.54, 1.807) is 0 Å². The Morgan fingerprint density at radius 1 is 1.20 bits per heavy atom. The average molecular weight is 357 g/mol. The van der Waals surface area contributed by atoms with E-state index in [0.717, 1.165) is 35.4 Å². The summed E-state index contributed by atoms with van der Waals surface area (Å²) in [7, 11) is 0. The SMILES string of the molecule is CCc1sc(NC(=O)[C@@H]2CCCC[C@@H]2C(=O)[O-])nc1-c1ccccc1. The van der Waals surface area contributed by atoms with Gasteiger partial charge in [-0.25, -0.2) is 4.98 Å². The fourth-order valence-corrected chi connectivity index (χ4v) is 4.32. The first-order chi connectivity index (χ1) is 12.1. The van der Waals surface area contributed by atoms with E-state index in [4.69, 9.17) is 0 Å². The Labute approximate surface area is 151 Å². The predicted molar refractivity (Wildman–Crippen MR) is 96.0 cm³/mol. The highest BCUT2D eigenvalue weighted by atomic mass is 32.1. The lowest BCUT2D eigenvalue weighted by Gasteiger charge is -2.30. The number of thiazole rings is 1. The lowest BCUT2D eigenvalue weighted by molar-refractivity contribution is -0.313. The van der Waals surface area contributed by atoms with Gasteiger partial charge in [0, 0.05) is 28.2 Å². The fourth-order valence-electron chi connectivity index (χ4n) is 3.39. The Morgan fingerprint density at radius 2 is 1.88 bits per heavy atom. The monoisotopic (exact) mass is 357 g/mol. The lowest BCUT2D eigenvalue weighted by atomic mass is 9.79. The molecular formula is C19H21N2O3S-. The van der Waals surface area contributed by atoms with Gasteiger partial charge >= 0.3 is 0 Å². The Balaban J connectivity index is 1.80. The molecular weight excluding hydrogens is 336 g/mol. The number of carboxylic acids is 1. The summed E-state index contributed by atoms with van der Waals surface area (Å²) in [6, 6.07) is 9.85. The molecule has 1 amide bonds. The number of carbonyl (C=O) groups is 2. The molecule has 2 aromatic rings. The molecule has 0 unspecified atom stereocenters. The maximum absolute atomic E-state index is 12.6. The highest BCUT2D eigenvalue weighted by molar-refractivity contribution is 7.16. The summed E-state index contributed by atoms with van der Waals surface area (Å²) in [5, 5.41) is 14.7. The summed E-state index contributed by atoms with van der Waals surface area (Å²) in [6.07, 6.45) is 3.62. The Hall–Kier alpha value is -2.21. The van der Waals surface area contributed by atoms with Crippen molar-refractivity contribution in [3.8, 4) is 11.3 Å². The van der Waals surface area contributed by atoms with E-state index in [2.05, 4.69) is 17.2 Å². The van der Waals surface area contributed by atoms with Crippen LogP contribution >= 0.6 is 11.3 Å². The molecule has 1 N–H and O–H groups in total. The molecule has 6 heteroatoms. The molecule has 0 radical (unpaired) electrons. The van der Waals surface area contributed by atoms with Gasteiger partial charge in [-0.2, -0.15) is 0 Å². The summed E-state index contributed by atoms with van der Waals surface area (Å²) in [6.45, 7) is 2.05. The minimum atomic E-state index is -1.13. The normalized spacial score (nSPS) is 20.2. The smallest absolute Gasteiger partial charge is 0.229 e. The average Bonchev–Trinajstić information content (AvgIpc) is 3.05. The molecule has 1 saturated carbocycles. The molecule has 5 nitrogen and oxygen atoms in total. The molecule has 1 heterocycles. The molecule has 0 spiro atoms. The van der Waals surface area contributed by atoms with Gasteiger partial charge in [0.2, 0.25) is 5.91 Å². The summed E-state index contributed by atoms with van der Waals surface area (Å²) in [5.74, 6) is -2.62. The van der Waals surface area contributed by atoms with Gasteiger partial charge in [-0.05, 0) is 19.3 Å². The molecule has 0 bridgehead atoms. The van der Waals surface area contributed by atoms with Crippen molar-refractivity contribution in [3.05, 3.63) is 35.2 Å². The highest BCUT2D eigenvalue weighted by Gasteiger charge is 2.32. The highest BCUT2D eigenvalue weighted by Crippen LogP contribution is 2.34. The number of rotatable bonds is 5.